The molecule has 96 valence electrons. The van der Waals surface area contributed by atoms with E-state index in [1.54, 1.807) is 18.2 Å². The highest BCUT2D eigenvalue weighted by Gasteiger charge is 2.01. The number of carbonyl (C=O) groups is 1. The summed E-state index contributed by atoms with van der Waals surface area (Å²) in [5.41, 5.74) is 1.41. The van der Waals surface area contributed by atoms with Crippen molar-refractivity contribution in [1.29, 1.82) is 0 Å². The quantitative estimate of drug-likeness (QED) is 0.643. The topological polar surface area (TPSA) is 29.1 Å². The van der Waals surface area contributed by atoms with Crippen LogP contribution in [0.3, 0.4) is 0 Å². The minimum atomic E-state index is -0.319. The van der Waals surface area contributed by atoms with Crippen molar-refractivity contribution in [3.63, 3.8) is 0 Å². The first-order valence-corrected chi connectivity index (χ1v) is 6.72. The second kappa shape index (κ2) is 6.47. The fourth-order valence-electron chi connectivity index (χ4n) is 1.52. The van der Waals surface area contributed by atoms with Gasteiger partial charge in [-0.3, -0.25) is 4.79 Å². The summed E-state index contributed by atoms with van der Waals surface area (Å²) in [4.78, 5) is 11.7. The van der Waals surface area contributed by atoms with E-state index in [9.17, 15) is 9.18 Å². The van der Waals surface area contributed by atoms with Gasteiger partial charge in [0.2, 0.25) is 5.91 Å². The number of rotatable bonds is 3. The van der Waals surface area contributed by atoms with Crippen LogP contribution in [0.15, 0.2) is 54.6 Å². The van der Waals surface area contributed by atoms with Crippen LogP contribution in [-0.2, 0) is 4.79 Å². The molecule has 0 saturated heterocycles. The van der Waals surface area contributed by atoms with Crippen LogP contribution in [0.4, 0.5) is 10.1 Å². The lowest BCUT2D eigenvalue weighted by molar-refractivity contribution is -0.111. The molecule has 1 amide bonds. The van der Waals surface area contributed by atoms with Crippen LogP contribution in [0.25, 0.3) is 6.08 Å². The van der Waals surface area contributed by atoms with Crippen molar-refractivity contribution in [3.05, 3.63) is 69.6 Å². The van der Waals surface area contributed by atoms with E-state index in [0.29, 0.717) is 5.56 Å². The second-order valence-corrected chi connectivity index (χ2v) is 5.02. The molecule has 0 aliphatic heterocycles. The van der Waals surface area contributed by atoms with Gasteiger partial charge in [-0.05, 0) is 58.5 Å². The summed E-state index contributed by atoms with van der Waals surface area (Å²) in [7, 11) is 0. The standard InChI is InChI=1S/C15H11FINO/c16-12-5-3-4-11(10-12)8-9-15(19)18-14-7-2-1-6-13(14)17/h1-10H,(H,18,19)/b9-8+. The molecule has 0 aromatic heterocycles. The molecule has 0 saturated carbocycles. The zero-order valence-corrected chi connectivity index (χ0v) is 12.1. The largest absolute Gasteiger partial charge is 0.322 e. The first-order valence-electron chi connectivity index (χ1n) is 5.64. The Bertz CT molecular complexity index is 625. The first-order chi connectivity index (χ1) is 9.15. The summed E-state index contributed by atoms with van der Waals surface area (Å²) in [6.07, 6.45) is 2.96. The number of hydrogen-bond acceptors (Lipinski definition) is 1. The van der Waals surface area contributed by atoms with Crippen LogP contribution in [0.2, 0.25) is 0 Å². The number of anilines is 1. The summed E-state index contributed by atoms with van der Waals surface area (Å²) >= 11 is 2.15. The number of benzene rings is 2. The monoisotopic (exact) mass is 367 g/mol. The Labute approximate surface area is 124 Å². The maximum atomic E-state index is 13.0. The second-order valence-electron chi connectivity index (χ2n) is 3.86. The van der Waals surface area contributed by atoms with E-state index in [-0.39, 0.29) is 11.7 Å². The fourth-order valence-corrected chi connectivity index (χ4v) is 2.04. The molecule has 0 fully saturated rings. The van der Waals surface area contributed by atoms with Gasteiger partial charge in [-0.1, -0.05) is 24.3 Å². The van der Waals surface area contributed by atoms with Gasteiger partial charge in [-0.25, -0.2) is 4.39 Å². The van der Waals surface area contributed by atoms with Crippen molar-refractivity contribution >= 4 is 40.3 Å². The van der Waals surface area contributed by atoms with Gasteiger partial charge in [-0.15, -0.1) is 0 Å². The lowest BCUT2D eigenvalue weighted by Gasteiger charge is -2.04. The van der Waals surface area contributed by atoms with Crippen molar-refractivity contribution < 1.29 is 9.18 Å². The van der Waals surface area contributed by atoms with E-state index in [4.69, 9.17) is 0 Å². The lowest BCUT2D eigenvalue weighted by atomic mass is 10.2. The van der Waals surface area contributed by atoms with Gasteiger partial charge in [0.25, 0.3) is 0 Å². The van der Waals surface area contributed by atoms with Crippen molar-refractivity contribution in [2.45, 2.75) is 0 Å². The molecule has 19 heavy (non-hydrogen) atoms. The third-order valence-corrected chi connectivity index (χ3v) is 3.35. The lowest BCUT2D eigenvalue weighted by Crippen LogP contribution is -2.08. The van der Waals surface area contributed by atoms with Crippen LogP contribution in [-0.4, -0.2) is 5.91 Å². The first kappa shape index (κ1) is 13.7. The third-order valence-electron chi connectivity index (χ3n) is 2.41. The predicted octanol–water partition coefficient (Wildman–Crippen LogP) is 4.08. The Kier molecular flexibility index (Phi) is 4.68. The number of nitrogens with one attached hydrogen (secondary N) is 1. The van der Waals surface area contributed by atoms with Crippen molar-refractivity contribution in [1.82, 2.24) is 0 Å². The molecular weight excluding hydrogens is 356 g/mol. The van der Waals surface area contributed by atoms with E-state index >= 15 is 0 Å². The Morgan fingerprint density at radius 2 is 1.95 bits per heavy atom. The van der Waals surface area contributed by atoms with Crippen molar-refractivity contribution in [2.24, 2.45) is 0 Å². The third kappa shape index (κ3) is 4.17. The van der Waals surface area contributed by atoms with Gasteiger partial charge in [-0.2, -0.15) is 0 Å². The Morgan fingerprint density at radius 3 is 2.68 bits per heavy atom. The molecule has 0 atom stereocenters. The Hall–Kier alpha value is -1.69. The normalized spacial score (nSPS) is 10.6. The summed E-state index contributed by atoms with van der Waals surface area (Å²) in [5.74, 6) is -0.562. The zero-order valence-electron chi connectivity index (χ0n) is 9.94. The molecule has 0 heterocycles. The number of halogens is 2. The molecule has 0 bridgehead atoms. The van der Waals surface area contributed by atoms with Gasteiger partial charge in [0.15, 0.2) is 0 Å². The van der Waals surface area contributed by atoms with E-state index < -0.39 is 0 Å². The van der Waals surface area contributed by atoms with E-state index in [1.807, 2.05) is 24.3 Å². The minimum absolute atomic E-state index is 0.242. The number of hydrogen-bond donors (Lipinski definition) is 1. The summed E-state index contributed by atoms with van der Waals surface area (Å²) in [6.45, 7) is 0. The molecule has 0 radical (unpaired) electrons. The molecule has 2 nitrogen and oxygen atoms in total. The Balaban J connectivity index is 2.04. The molecule has 4 heteroatoms. The van der Waals surface area contributed by atoms with Gasteiger partial charge >= 0.3 is 0 Å². The number of carbonyl (C=O) groups excluding carboxylic acids is 1. The molecule has 0 aliphatic rings. The zero-order chi connectivity index (χ0) is 13.7. The molecule has 2 aromatic rings. The fraction of sp³-hybridized carbons (Fsp3) is 0. The highest BCUT2D eigenvalue weighted by atomic mass is 127. The van der Waals surface area contributed by atoms with Crippen LogP contribution in [0, 0.1) is 9.39 Å². The van der Waals surface area contributed by atoms with E-state index in [0.717, 1.165) is 9.26 Å². The van der Waals surface area contributed by atoms with E-state index in [1.165, 1.54) is 18.2 Å². The maximum absolute atomic E-state index is 13.0. The van der Waals surface area contributed by atoms with E-state index in [2.05, 4.69) is 27.9 Å². The average molecular weight is 367 g/mol. The smallest absolute Gasteiger partial charge is 0.248 e. The minimum Gasteiger partial charge on any atom is -0.322 e. The summed E-state index contributed by atoms with van der Waals surface area (Å²) in [5, 5.41) is 2.77. The SMILES string of the molecule is O=C(/C=C/c1cccc(F)c1)Nc1ccccc1I. The molecule has 0 unspecified atom stereocenters. The number of para-hydroxylation sites is 1. The van der Waals surface area contributed by atoms with Gasteiger partial charge in [0.05, 0.1) is 5.69 Å². The molecule has 1 N–H and O–H groups in total. The molecule has 0 aliphatic carbocycles. The summed E-state index contributed by atoms with van der Waals surface area (Å²) < 4.78 is 13.9. The number of amides is 1. The molecule has 2 rings (SSSR count). The molecule has 0 spiro atoms. The van der Waals surface area contributed by atoms with Crippen molar-refractivity contribution in [3.8, 4) is 0 Å². The summed E-state index contributed by atoms with van der Waals surface area (Å²) in [6, 6.07) is 13.6. The van der Waals surface area contributed by atoms with Crippen LogP contribution >= 0.6 is 22.6 Å². The Morgan fingerprint density at radius 1 is 1.16 bits per heavy atom. The van der Waals surface area contributed by atoms with Crippen molar-refractivity contribution in [2.75, 3.05) is 5.32 Å². The van der Waals surface area contributed by atoms with Gasteiger partial charge in [0, 0.05) is 9.65 Å². The maximum Gasteiger partial charge on any atom is 0.248 e. The molecule has 2 aromatic carbocycles. The van der Waals surface area contributed by atoms with Crippen LogP contribution in [0.1, 0.15) is 5.56 Å². The predicted molar refractivity (Wildman–Crippen MR) is 83.2 cm³/mol. The average Bonchev–Trinajstić information content (AvgIpc) is 2.39. The highest BCUT2D eigenvalue weighted by Crippen LogP contribution is 2.16. The van der Waals surface area contributed by atoms with Gasteiger partial charge < -0.3 is 5.32 Å². The van der Waals surface area contributed by atoms with Crippen LogP contribution in [0.5, 0.6) is 0 Å². The van der Waals surface area contributed by atoms with Gasteiger partial charge in [0.1, 0.15) is 5.82 Å². The highest BCUT2D eigenvalue weighted by molar-refractivity contribution is 14.1. The van der Waals surface area contributed by atoms with Crippen LogP contribution < -0.4 is 5.32 Å². The molecular formula is C15H11FINO.